The average molecular weight is 426 g/mol. The number of nitrogens with zero attached hydrogens (tertiary/aromatic N) is 4. The minimum Gasteiger partial charge on any atom is -0.480 e. The fourth-order valence-electron chi connectivity index (χ4n) is 4.39. The SMILES string of the molecule is Cc1noc(C)c1CN1CCN([C@@H](C(=O)O)c2cn(CC(=O)O)c3ccccc23)CC1. The topological polar surface area (TPSA) is 112 Å². The molecule has 1 atom stereocenters. The van der Waals surface area contributed by atoms with E-state index in [1.54, 1.807) is 10.8 Å². The van der Waals surface area contributed by atoms with Crippen LogP contribution < -0.4 is 0 Å². The maximum absolute atomic E-state index is 12.3. The first-order chi connectivity index (χ1) is 14.8. The van der Waals surface area contributed by atoms with Crippen molar-refractivity contribution in [1.29, 1.82) is 0 Å². The van der Waals surface area contributed by atoms with Crippen LogP contribution in [0.1, 0.15) is 28.6 Å². The van der Waals surface area contributed by atoms with Gasteiger partial charge in [-0.3, -0.25) is 19.4 Å². The van der Waals surface area contributed by atoms with E-state index in [1.165, 1.54) is 0 Å². The summed E-state index contributed by atoms with van der Waals surface area (Å²) in [6, 6.07) is 6.51. The molecule has 0 radical (unpaired) electrons. The van der Waals surface area contributed by atoms with E-state index < -0.39 is 18.0 Å². The van der Waals surface area contributed by atoms with Gasteiger partial charge in [-0.05, 0) is 19.9 Å². The Morgan fingerprint density at radius 1 is 1.13 bits per heavy atom. The van der Waals surface area contributed by atoms with Crippen LogP contribution in [0.4, 0.5) is 0 Å². The van der Waals surface area contributed by atoms with Crippen LogP contribution in [-0.4, -0.2) is 67.9 Å². The van der Waals surface area contributed by atoms with Crippen LogP contribution in [0.25, 0.3) is 10.9 Å². The fourth-order valence-corrected chi connectivity index (χ4v) is 4.39. The molecule has 9 nitrogen and oxygen atoms in total. The second kappa shape index (κ2) is 8.52. The number of carbonyl (C=O) groups is 2. The molecule has 3 heterocycles. The summed E-state index contributed by atoms with van der Waals surface area (Å²) >= 11 is 0. The van der Waals surface area contributed by atoms with Crippen molar-refractivity contribution in [2.24, 2.45) is 0 Å². The second-order valence-corrected chi connectivity index (χ2v) is 7.98. The molecular formula is C22H26N4O5. The highest BCUT2D eigenvalue weighted by atomic mass is 16.5. The Morgan fingerprint density at radius 2 is 1.84 bits per heavy atom. The third kappa shape index (κ3) is 4.19. The Morgan fingerprint density at radius 3 is 2.45 bits per heavy atom. The lowest BCUT2D eigenvalue weighted by atomic mass is 10.0. The number of aryl methyl sites for hydroxylation is 2. The molecule has 0 aliphatic carbocycles. The number of aliphatic carboxylic acids is 2. The maximum Gasteiger partial charge on any atom is 0.325 e. The Balaban J connectivity index is 1.56. The molecule has 0 amide bonds. The van der Waals surface area contributed by atoms with E-state index in [0.717, 1.165) is 47.6 Å². The van der Waals surface area contributed by atoms with E-state index in [-0.39, 0.29) is 6.54 Å². The Bertz CT molecular complexity index is 1090. The first-order valence-electron chi connectivity index (χ1n) is 10.3. The molecule has 0 unspecified atom stereocenters. The summed E-state index contributed by atoms with van der Waals surface area (Å²) in [5.41, 5.74) is 3.32. The van der Waals surface area contributed by atoms with E-state index >= 15 is 0 Å². The predicted molar refractivity (Wildman–Crippen MR) is 113 cm³/mol. The van der Waals surface area contributed by atoms with Gasteiger partial charge in [0.25, 0.3) is 0 Å². The highest BCUT2D eigenvalue weighted by molar-refractivity contribution is 5.90. The lowest BCUT2D eigenvalue weighted by Crippen LogP contribution is -2.48. The first-order valence-corrected chi connectivity index (χ1v) is 10.3. The van der Waals surface area contributed by atoms with Gasteiger partial charge in [-0.15, -0.1) is 0 Å². The van der Waals surface area contributed by atoms with E-state index in [9.17, 15) is 19.8 Å². The van der Waals surface area contributed by atoms with E-state index in [2.05, 4.69) is 10.1 Å². The van der Waals surface area contributed by atoms with Crippen molar-refractivity contribution >= 4 is 22.8 Å². The Hall–Kier alpha value is -3.17. The molecule has 1 fully saturated rings. The normalized spacial score (nSPS) is 16.6. The molecule has 2 N–H and O–H groups in total. The van der Waals surface area contributed by atoms with Crippen LogP contribution in [0, 0.1) is 13.8 Å². The highest BCUT2D eigenvalue weighted by Gasteiger charge is 2.33. The molecule has 2 aromatic heterocycles. The zero-order valence-electron chi connectivity index (χ0n) is 17.6. The largest absolute Gasteiger partial charge is 0.480 e. The molecule has 1 aliphatic rings. The van der Waals surface area contributed by atoms with E-state index in [4.69, 9.17) is 4.52 Å². The van der Waals surface area contributed by atoms with E-state index in [0.29, 0.717) is 18.7 Å². The van der Waals surface area contributed by atoms with Gasteiger partial charge in [-0.1, -0.05) is 23.4 Å². The highest BCUT2D eigenvalue weighted by Crippen LogP contribution is 2.31. The molecule has 1 aliphatic heterocycles. The molecule has 0 saturated carbocycles. The van der Waals surface area contributed by atoms with Gasteiger partial charge in [0.2, 0.25) is 0 Å². The number of carboxylic acid groups (broad SMARTS) is 2. The van der Waals surface area contributed by atoms with Gasteiger partial charge >= 0.3 is 11.9 Å². The van der Waals surface area contributed by atoms with Crippen molar-refractivity contribution in [3.63, 3.8) is 0 Å². The van der Waals surface area contributed by atoms with Crippen LogP contribution in [0.2, 0.25) is 0 Å². The number of carboxylic acids is 2. The molecule has 0 spiro atoms. The summed E-state index contributed by atoms with van der Waals surface area (Å²) in [6.07, 6.45) is 1.67. The number of aromatic nitrogens is 2. The predicted octanol–water partition coefficient (Wildman–Crippen LogP) is 2.27. The lowest BCUT2D eigenvalue weighted by Gasteiger charge is -2.37. The zero-order chi connectivity index (χ0) is 22.1. The first kappa shape index (κ1) is 21.1. The number of para-hydroxylation sites is 1. The van der Waals surface area contributed by atoms with Gasteiger partial charge in [-0.2, -0.15) is 0 Å². The second-order valence-electron chi connectivity index (χ2n) is 7.98. The van der Waals surface area contributed by atoms with Crippen molar-refractivity contribution in [2.75, 3.05) is 26.2 Å². The van der Waals surface area contributed by atoms with Gasteiger partial charge in [0, 0.05) is 61.0 Å². The van der Waals surface area contributed by atoms with Crippen LogP contribution in [0.5, 0.6) is 0 Å². The minimum atomic E-state index is -0.966. The molecule has 1 aromatic carbocycles. The van der Waals surface area contributed by atoms with E-state index in [1.807, 2.05) is 43.0 Å². The van der Waals surface area contributed by atoms with Crippen LogP contribution in [-0.2, 0) is 22.7 Å². The number of hydrogen-bond donors (Lipinski definition) is 2. The van der Waals surface area contributed by atoms with Gasteiger partial charge in [0.1, 0.15) is 18.3 Å². The monoisotopic (exact) mass is 426 g/mol. The fraction of sp³-hybridized carbons (Fsp3) is 0.409. The minimum absolute atomic E-state index is 0.210. The van der Waals surface area contributed by atoms with Crippen LogP contribution in [0.15, 0.2) is 35.0 Å². The van der Waals surface area contributed by atoms with Gasteiger partial charge in [-0.25, -0.2) is 0 Å². The summed E-state index contributed by atoms with van der Waals surface area (Å²) in [5.74, 6) is -1.08. The molecule has 3 aromatic rings. The third-order valence-electron chi connectivity index (χ3n) is 5.99. The van der Waals surface area contributed by atoms with Crippen LogP contribution in [0.3, 0.4) is 0 Å². The Labute approximate surface area is 179 Å². The van der Waals surface area contributed by atoms with Crippen molar-refractivity contribution in [3.8, 4) is 0 Å². The van der Waals surface area contributed by atoms with Crippen molar-refractivity contribution < 1.29 is 24.3 Å². The summed E-state index contributed by atoms with van der Waals surface area (Å²) < 4.78 is 6.85. The average Bonchev–Trinajstić information content (AvgIpc) is 3.24. The molecule has 1 saturated heterocycles. The molecule has 31 heavy (non-hydrogen) atoms. The number of piperazine rings is 1. The number of fused-ring (bicyclic) bond motifs is 1. The summed E-state index contributed by atoms with van der Waals surface area (Å²) in [7, 11) is 0. The van der Waals surface area contributed by atoms with Crippen molar-refractivity contribution in [1.82, 2.24) is 19.5 Å². The number of benzene rings is 1. The van der Waals surface area contributed by atoms with Gasteiger partial charge in [0.15, 0.2) is 0 Å². The summed E-state index contributed by atoms with van der Waals surface area (Å²) in [6.45, 7) is 6.98. The quantitative estimate of drug-likeness (QED) is 0.592. The molecule has 9 heteroatoms. The molecule has 4 rings (SSSR count). The molecule has 0 bridgehead atoms. The number of rotatable bonds is 7. The zero-order valence-corrected chi connectivity index (χ0v) is 17.6. The summed E-state index contributed by atoms with van der Waals surface area (Å²) in [4.78, 5) is 27.8. The van der Waals surface area contributed by atoms with Crippen molar-refractivity contribution in [3.05, 3.63) is 53.0 Å². The summed E-state index contributed by atoms with van der Waals surface area (Å²) in [5, 5.41) is 24.1. The maximum atomic E-state index is 12.3. The van der Waals surface area contributed by atoms with Gasteiger partial charge < -0.3 is 19.3 Å². The van der Waals surface area contributed by atoms with Crippen molar-refractivity contribution in [2.45, 2.75) is 33.0 Å². The van der Waals surface area contributed by atoms with Crippen LogP contribution >= 0.6 is 0 Å². The third-order valence-corrected chi connectivity index (χ3v) is 5.99. The molecular weight excluding hydrogens is 400 g/mol. The standard InChI is InChI=1S/C22H26N4O5/c1-14-17(15(2)31-23-14)11-24-7-9-25(10-8-24)21(22(29)30)18-12-26(13-20(27)28)19-6-4-3-5-16(18)19/h3-6,12,21H,7-11,13H2,1-2H3,(H,27,28)(H,29,30)/t21-/m1/s1. The molecule has 164 valence electrons. The lowest BCUT2D eigenvalue weighted by molar-refractivity contribution is -0.144. The van der Waals surface area contributed by atoms with Gasteiger partial charge in [0.05, 0.1) is 5.69 Å². The number of hydrogen-bond acceptors (Lipinski definition) is 6. The smallest absolute Gasteiger partial charge is 0.325 e. The Kier molecular flexibility index (Phi) is 5.79.